The molecular formula is C19H26IN3OS. The lowest BCUT2D eigenvalue weighted by molar-refractivity contribution is 0.682. The molecule has 0 radical (unpaired) electrons. The van der Waals surface area contributed by atoms with E-state index in [9.17, 15) is 4.21 Å². The summed E-state index contributed by atoms with van der Waals surface area (Å²) in [7, 11) is -0.934. The minimum Gasteiger partial charge on any atom is -0.370 e. The summed E-state index contributed by atoms with van der Waals surface area (Å²) in [6, 6.07) is 18.0. The van der Waals surface area contributed by atoms with E-state index in [2.05, 4.69) is 36.3 Å². The normalized spacial score (nSPS) is 12.5. The Bertz CT molecular complexity index is 705. The van der Waals surface area contributed by atoms with Crippen LogP contribution in [0.3, 0.4) is 0 Å². The van der Waals surface area contributed by atoms with Gasteiger partial charge in [0, 0.05) is 28.0 Å². The molecule has 0 aromatic heterocycles. The van der Waals surface area contributed by atoms with E-state index < -0.39 is 10.8 Å². The van der Waals surface area contributed by atoms with Crippen molar-refractivity contribution in [2.75, 3.05) is 17.6 Å². The highest BCUT2D eigenvalue weighted by Crippen LogP contribution is 2.18. The van der Waals surface area contributed by atoms with Gasteiger partial charge in [0.25, 0.3) is 0 Å². The van der Waals surface area contributed by atoms with E-state index in [1.165, 1.54) is 5.56 Å². The molecule has 2 aromatic rings. The van der Waals surface area contributed by atoms with Crippen LogP contribution in [0.25, 0.3) is 0 Å². The number of hydrogen-bond acceptors (Lipinski definition) is 2. The Hall–Kier alpha value is -1.41. The SMILES string of the molecule is CC(C)c1cccc(NC(N)=NCCS(=O)Cc2ccccc2)c1.I. The minimum atomic E-state index is -0.934. The largest absolute Gasteiger partial charge is 0.370 e. The zero-order valence-electron chi connectivity index (χ0n) is 14.6. The molecule has 2 rings (SSSR count). The first-order valence-electron chi connectivity index (χ1n) is 8.10. The third-order valence-electron chi connectivity index (χ3n) is 3.60. The molecule has 25 heavy (non-hydrogen) atoms. The summed E-state index contributed by atoms with van der Waals surface area (Å²) in [6.07, 6.45) is 0. The highest BCUT2D eigenvalue weighted by Gasteiger charge is 2.03. The van der Waals surface area contributed by atoms with Crippen molar-refractivity contribution in [3.8, 4) is 0 Å². The summed E-state index contributed by atoms with van der Waals surface area (Å²) in [5.41, 5.74) is 9.16. The molecule has 0 saturated carbocycles. The van der Waals surface area contributed by atoms with Crippen molar-refractivity contribution in [3.05, 3.63) is 65.7 Å². The number of hydrogen-bond donors (Lipinski definition) is 2. The van der Waals surface area contributed by atoms with Crippen LogP contribution in [0.5, 0.6) is 0 Å². The molecule has 3 N–H and O–H groups in total. The van der Waals surface area contributed by atoms with E-state index in [1.807, 2.05) is 42.5 Å². The van der Waals surface area contributed by atoms with Crippen molar-refractivity contribution < 1.29 is 4.21 Å². The van der Waals surface area contributed by atoms with Gasteiger partial charge in [-0.2, -0.15) is 0 Å². The monoisotopic (exact) mass is 471 g/mol. The Morgan fingerprint density at radius 3 is 2.56 bits per heavy atom. The van der Waals surface area contributed by atoms with Crippen LogP contribution in [0.15, 0.2) is 59.6 Å². The van der Waals surface area contributed by atoms with Crippen molar-refractivity contribution in [2.24, 2.45) is 10.7 Å². The molecule has 0 heterocycles. The number of benzene rings is 2. The summed E-state index contributed by atoms with van der Waals surface area (Å²) >= 11 is 0. The van der Waals surface area contributed by atoms with Gasteiger partial charge in [0.1, 0.15) is 0 Å². The van der Waals surface area contributed by atoms with Gasteiger partial charge in [-0.05, 0) is 29.2 Å². The zero-order chi connectivity index (χ0) is 17.4. The molecule has 0 amide bonds. The number of nitrogens with two attached hydrogens (primary N) is 1. The maximum atomic E-state index is 12.1. The number of rotatable bonds is 7. The maximum absolute atomic E-state index is 12.1. The fourth-order valence-corrected chi connectivity index (χ4v) is 3.27. The van der Waals surface area contributed by atoms with Gasteiger partial charge in [-0.25, -0.2) is 0 Å². The van der Waals surface area contributed by atoms with Gasteiger partial charge in [-0.3, -0.25) is 9.20 Å². The van der Waals surface area contributed by atoms with Crippen LogP contribution in [0.1, 0.15) is 30.9 Å². The molecule has 0 saturated heterocycles. The molecule has 0 fully saturated rings. The second-order valence-corrected chi connectivity index (χ2v) is 7.52. The lowest BCUT2D eigenvalue weighted by atomic mass is 10.0. The second-order valence-electron chi connectivity index (χ2n) is 5.95. The van der Waals surface area contributed by atoms with Crippen molar-refractivity contribution in [1.29, 1.82) is 0 Å². The Morgan fingerprint density at radius 1 is 1.16 bits per heavy atom. The van der Waals surface area contributed by atoms with Crippen molar-refractivity contribution in [3.63, 3.8) is 0 Å². The highest BCUT2D eigenvalue weighted by molar-refractivity contribution is 14.0. The van der Waals surface area contributed by atoms with Gasteiger partial charge in [0.15, 0.2) is 5.96 Å². The average molecular weight is 471 g/mol. The first kappa shape index (κ1) is 21.6. The van der Waals surface area contributed by atoms with Gasteiger partial charge in [0.2, 0.25) is 0 Å². The van der Waals surface area contributed by atoms with Crippen LogP contribution in [0.2, 0.25) is 0 Å². The smallest absolute Gasteiger partial charge is 0.193 e. The first-order chi connectivity index (χ1) is 11.5. The van der Waals surface area contributed by atoms with Gasteiger partial charge in [-0.1, -0.05) is 56.3 Å². The Kier molecular flexibility index (Phi) is 9.74. The molecule has 0 aliphatic heterocycles. The molecular weight excluding hydrogens is 445 g/mol. The van der Waals surface area contributed by atoms with E-state index in [1.54, 1.807) is 0 Å². The predicted molar refractivity (Wildman–Crippen MR) is 119 cm³/mol. The predicted octanol–water partition coefficient (Wildman–Crippen LogP) is 4.10. The molecule has 0 bridgehead atoms. The lowest BCUT2D eigenvalue weighted by Crippen LogP contribution is -2.23. The second kappa shape index (κ2) is 11.3. The van der Waals surface area contributed by atoms with E-state index in [0.29, 0.717) is 29.9 Å². The molecule has 1 atom stereocenters. The number of nitrogens with zero attached hydrogens (tertiary/aromatic N) is 1. The summed E-state index contributed by atoms with van der Waals surface area (Å²) < 4.78 is 12.1. The Labute approximate surface area is 169 Å². The maximum Gasteiger partial charge on any atom is 0.193 e. The van der Waals surface area contributed by atoms with Crippen LogP contribution in [-0.4, -0.2) is 22.5 Å². The Balaban J connectivity index is 0.00000312. The van der Waals surface area contributed by atoms with Gasteiger partial charge >= 0.3 is 0 Å². The summed E-state index contributed by atoms with van der Waals surface area (Å²) in [6.45, 7) is 4.75. The molecule has 0 aliphatic rings. The van der Waals surface area contributed by atoms with Crippen LogP contribution in [0, 0.1) is 0 Å². The Morgan fingerprint density at radius 2 is 1.88 bits per heavy atom. The number of guanidine groups is 1. The van der Waals surface area contributed by atoms with Crippen LogP contribution < -0.4 is 11.1 Å². The fraction of sp³-hybridized carbons (Fsp3) is 0.316. The van der Waals surface area contributed by atoms with Crippen molar-refractivity contribution in [1.82, 2.24) is 0 Å². The third-order valence-corrected chi connectivity index (χ3v) is 4.89. The van der Waals surface area contributed by atoms with Crippen LogP contribution >= 0.6 is 24.0 Å². The van der Waals surface area contributed by atoms with E-state index >= 15 is 0 Å². The van der Waals surface area contributed by atoms with E-state index in [-0.39, 0.29) is 24.0 Å². The van der Waals surface area contributed by atoms with Gasteiger partial charge in [0.05, 0.1) is 6.54 Å². The molecule has 1 unspecified atom stereocenters. The van der Waals surface area contributed by atoms with Crippen molar-refractivity contribution >= 4 is 46.4 Å². The van der Waals surface area contributed by atoms with Crippen LogP contribution in [0.4, 0.5) is 5.69 Å². The molecule has 6 heteroatoms. The molecule has 0 aliphatic carbocycles. The number of halogens is 1. The zero-order valence-corrected chi connectivity index (χ0v) is 17.8. The molecule has 136 valence electrons. The molecule has 4 nitrogen and oxygen atoms in total. The molecule has 0 spiro atoms. The standard InChI is InChI=1S/C19H25N3OS.HI/c1-15(2)17-9-6-10-18(13-17)22-19(20)21-11-12-24(23)14-16-7-4-3-5-8-16;/h3-10,13,15H,11-12,14H2,1-2H3,(H3,20,21,22);1H. The summed E-state index contributed by atoms with van der Waals surface area (Å²) in [4.78, 5) is 4.27. The number of anilines is 1. The topological polar surface area (TPSA) is 67.5 Å². The van der Waals surface area contributed by atoms with Crippen molar-refractivity contribution in [2.45, 2.75) is 25.5 Å². The summed E-state index contributed by atoms with van der Waals surface area (Å²) in [5, 5.41) is 3.09. The van der Waals surface area contributed by atoms with E-state index in [0.717, 1.165) is 11.3 Å². The number of nitrogens with one attached hydrogen (secondary N) is 1. The average Bonchev–Trinajstić information content (AvgIpc) is 2.56. The highest BCUT2D eigenvalue weighted by atomic mass is 127. The van der Waals surface area contributed by atoms with Gasteiger partial charge < -0.3 is 11.1 Å². The molecule has 2 aromatic carbocycles. The van der Waals surface area contributed by atoms with E-state index in [4.69, 9.17) is 5.73 Å². The minimum absolute atomic E-state index is 0. The van der Waals surface area contributed by atoms with Crippen LogP contribution in [-0.2, 0) is 16.6 Å². The quantitative estimate of drug-likeness (QED) is 0.363. The summed E-state index contributed by atoms with van der Waals surface area (Å²) in [5.74, 6) is 1.88. The fourth-order valence-electron chi connectivity index (χ4n) is 2.26. The first-order valence-corrected chi connectivity index (χ1v) is 9.59. The third kappa shape index (κ3) is 8.00. The number of aliphatic imine (C=N–C) groups is 1. The van der Waals surface area contributed by atoms with Gasteiger partial charge in [-0.15, -0.1) is 24.0 Å². The lowest BCUT2D eigenvalue weighted by Gasteiger charge is -2.10.